The van der Waals surface area contributed by atoms with E-state index in [1.807, 2.05) is 0 Å². The highest BCUT2D eigenvalue weighted by Gasteiger charge is 2.50. The minimum atomic E-state index is -0.759. The molecular formula is C85H58N2O2. The standard InChI is InChI=1S/C85H58N2O2/c1-5-21-59(22-6-1)65-29-17-33-73(53-65)86(74-34-18-30-66(54-74)60-23-7-2-8-24-60)71-47-41-63(42-48-71)69-45-51-79-83(57-69)88-81-39-15-13-37-77(81)85(79)78-38-14-16-40-82(78)89-84-58-70(46-52-80(84)85)64-43-49-72(50-44-64)87(75-35-19-31-67(55-75)61-25-9-3-10-26-61)76-36-20-32-68(56-76)62-27-11-4-12-28-62/h1-58H. The van der Waals surface area contributed by atoms with Crippen molar-refractivity contribution in [1.29, 1.82) is 0 Å². The monoisotopic (exact) mass is 1140 g/mol. The van der Waals surface area contributed by atoms with Crippen LogP contribution in [0.1, 0.15) is 22.3 Å². The number of fused-ring (bicyclic) bond motifs is 8. The molecule has 0 aromatic heterocycles. The first-order valence-electron chi connectivity index (χ1n) is 30.4. The molecule has 4 heteroatoms. The molecule has 14 aromatic carbocycles. The summed E-state index contributed by atoms with van der Waals surface area (Å²) >= 11 is 0. The molecule has 0 radical (unpaired) electrons. The van der Waals surface area contributed by atoms with Gasteiger partial charge in [0, 0.05) is 56.4 Å². The second-order valence-corrected chi connectivity index (χ2v) is 22.8. The topological polar surface area (TPSA) is 24.9 Å². The predicted molar refractivity (Wildman–Crippen MR) is 367 cm³/mol. The zero-order chi connectivity index (χ0) is 59.1. The van der Waals surface area contributed by atoms with E-state index in [-0.39, 0.29) is 0 Å². The third kappa shape index (κ3) is 9.70. The van der Waals surface area contributed by atoms with Gasteiger partial charge in [0.15, 0.2) is 0 Å². The average molecular weight is 1140 g/mol. The number of nitrogens with zero attached hydrogens (tertiary/aromatic N) is 2. The molecule has 0 aliphatic carbocycles. The van der Waals surface area contributed by atoms with E-state index in [1.165, 1.54) is 22.3 Å². The largest absolute Gasteiger partial charge is 0.457 e. The molecule has 16 rings (SSSR count). The van der Waals surface area contributed by atoms with E-state index in [4.69, 9.17) is 9.47 Å². The number of para-hydroxylation sites is 2. The first-order chi connectivity index (χ1) is 44.1. The van der Waals surface area contributed by atoms with E-state index < -0.39 is 5.41 Å². The van der Waals surface area contributed by atoms with Gasteiger partial charge in [0.1, 0.15) is 23.0 Å². The number of anilines is 6. The molecule has 0 N–H and O–H groups in total. The summed E-state index contributed by atoms with van der Waals surface area (Å²) in [6.07, 6.45) is 0. The molecule has 420 valence electrons. The molecule has 0 bridgehead atoms. The highest BCUT2D eigenvalue weighted by Crippen LogP contribution is 2.62. The Kier molecular flexibility index (Phi) is 13.4. The van der Waals surface area contributed by atoms with E-state index in [9.17, 15) is 0 Å². The lowest BCUT2D eigenvalue weighted by atomic mass is 9.62. The minimum absolute atomic E-state index is 0.759. The highest BCUT2D eigenvalue weighted by atomic mass is 16.5. The van der Waals surface area contributed by atoms with Crippen molar-refractivity contribution in [3.8, 4) is 89.8 Å². The zero-order valence-electron chi connectivity index (χ0n) is 48.7. The molecule has 0 unspecified atom stereocenters. The van der Waals surface area contributed by atoms with Crippen LogP contribution in [0.3, 0.4) is 0 Å². The summed E-state index contributed by atoms with van der Waals surface area (Å²) in [5.74, 6) is 3.24. The maximum Gasteiger partial charge on any atom is 0.132 e. The van der Waals surface area contributed by atoms with Gasteiger partial charge < -0.3 is 19.3 Å². The Morgan fingerprint density at radius 2 is 0.416 bits per heavy atom. The van der Waals surface area contributed by atoms with Gasteiger partial charge in [-0.2, -0.15) is 0 Å². The van der Waals surface area contributed by atoms with Crippen LogP contribution in [-0.2, 0) is 5.41 Å². The zero-order valence-corrected chi connectivity index (χ0v) is 48.7. The Bertz CT molecular complexity index is 4410. The van der Waals surface area contributed by atoms with Gasteiger partial charge in [0.05, 0.1) is 5.41 Å². The van der Waals surface area contributed by atoms with Crippen molar-refractivity contribution in [3.05, 3.63) is 374 Å². The Morgan fingerprint density at radius 1 is 0.169 bits per heavy atom. The fraction of sp³-hybridized carbons (Fsp3) is 0.0118. The molecule has 1 spiro atoms. The van der Waals surface area contributed by atoms with Crippen LogP contribution < -0.4 is 19.3 Å². The van der Waals surface area contributed by atoms with Gasteiger partial charge in [-0.3, -0.25) is 0 Å². The maximum atomic E-state index is 7.06. The van der Waals surface area contributed by atoms with Crippen molar-refractivity contribution in [1.82, 2.24) is 0 Å². The fourth-order valence-electron chi connectivity index (χ4n) is 13.4. The number of hydrogen-bond acceptors (Lipinski definition) is 4. The van der Waals surface area contributed by atoms with Gasteiger partial charge in [-0.05, 0) is 164 Å². The predicted octanol–water partition coefficient (Wildman–Crippen LogP) is 23.2. The van der Waals surface area contributed by atoms with Gasteiger partial charge in [-0.15, -0.1) is 0 Å². The molecule has 0 fully saturated rings. The Labute approximate surface area is 519 Å². The SMILES string of the molecule is c1ccc(-c2cccc(N(c3ccc(-c4ccc5c(c4)Oc4ccccc4C54c5ccccc5Oc5cc(-c6ccc(N(c7cccc(-c8ccccc8)c7)c7cccc(-c8ccccc8)c7)cc6)ccc54)cc3)c3cccc(-c4ccccc4)c3)c2)cc1. The van der Waals surface area contributed by atoms with Gasteiger partial charge in [-0.1, -0.05) is 255 Å². The summed E-state index contributed by atoms with van der Waals surface area (Å²) in [6.45, 7) is 0. The van der Waals surface area contributed by atoms with Crippen LogP contribution >= 0.6 is 0 Å². The Hall–Kier alpha value is -11.7. The summed E-state index contributed by atoms with van der Waals surface area (Å²) in [7, 11) is 0. The van der Waals surface area contributed by atoms with Crippen LogP contribution in [0.5, 0.6) is 23.0 Å². The smallest absolute Gasteiger partial charge is 0.132 e. The van der Waals surface area contributed by atoms with E-state index in [1.54, 1.807) is 0 Å². The van der Waals surface area contributed by atoms with E-state index in [0.717, 1.165) is 124 Å². The van der Waals surface area contributed by atoms with Crippen molar-refractivity contribution in [3.63, 3.8) is 0 Å². The van der Waals surface area contributed by atoms with Crippen LogP contribution in [0.25, 0.3) is 66.8 Å². The Morgan fingerprint density at radius 3 is 0.742 bits per heavy atom. The van der Waals surface area contributed by atoms with Crippen LogP contribution in [0.2, 0.25) is 0 Å². The van der Waals surface area contributed by atoms with Crippen molar-refractivity contribution in [2.75, 3.05) is 9.80 Å². The normalized spacial score (nSPS) is 12.3. The molecule has 0 saturated carbocycles. The van der Waals surface area contributed by atoms with Crippen LogP contribution in [-0.4, -0.2) is 0 Å². The van der Waals surface area contributed by atoms with Gasteiger partial charge in [-0.25, -0.2) is 0 Å². The molecule has 14 aromatic rings. The fourth-order valence-corrected chi connectivity index (χ4v) is 13.4. The van der Waals surface area contributed by atoms with Gasteiger partial charge >= 0.3 is 0 Å². The third-order valence-corrected chi connectivity index (χ3v) is 17.6. The molecule has 4 nitrogen and oxygen atoms in total. The van der Waals surface area contributed by atoms with Crippen molar-refractivity contribution < 1.29 is 9.47 Å². The lowest BCUT2D eigenvalue weighted by Gasteiger charge is -2.45. The lowest BCUT2D eigenvalue weighted by Crippen LogP contribution is -2.36. The Balaban J connectivity index is 0.764. The molecular weight excluding hydrogens is 1080 g/mol. The van der Waals surface area contributed by atoms with Crippen molar-refractivity contribution >= 4 is 34.1 Å². The van der Waals surface area contributed by atoms with Gasteiger partial charge in [0.2, 0.25) is 0 Å². The van der Waals surface area contributed by atoms with Crippen LogP contribution in [0, 0.1) is 0 Å². The average Bonchev–Trinajstić information content (AvgIpc) is 0.700. The molecule has 2 heterocycles. The number of ether oxygens (including phenoxy) is 2. The first kappa shape index (κ1) is 52.8. The lowest BCUT2D eigenvalue weighted by molar-refractivity contribution is 0.399. The van der Waals surface area contributed by atoms with Crippen LogP contribution in [0.4, 0.5) is 34.1 Å². The second-order valence-electron chi connectivity index (χ2n) is 22.8. The maximum absolute atomic E-state index is 7.06. The van der Waals surface area contributed by atoms with Gasteiger partial charge in [0.25, 0.3) is 0 Å². The number of rotatable bonds is 12. The summed E-state index contributed by atoms with van der Waals surface area (Å²) in [5, 5.41) is 0. The third-order valence-electron chi connectivity index (χ3n) is 17.6. The van der Waals surface area contributed by atoms with E-state index in [0.29, 0.717) is 0 Å². The van der Waals surface area contributed by atoms with E-state index in [2.05, 4.69) is 362 Å². The molecule has 0 atom stereocenters. The van der Waals surface area contributed by atoms with E-state index >= 15 is 0 Å². The van der Waals surface area contributed by atoms with Crippen molar-refractivity contribution in [2.24, 2.45) is 0 Å². The number of benzene rings is 14. The summed E-state index contributed by atoms with van der Waals surface area (Å²) in [4.78, 5) is 4.71. The second kappa shape index (κ2) is 22.6. The van der Waals surface area contributed by atoms with Crippen LogP contribution in [0.15, 0.2) is 352 Å². The van der Waals surface area contributed by atoms with Crippen molar-refractivity contribution in [2.45, 2.75) is 5.41 Å². The first-order valence-corrected chi connectivity index (χ1v) is 30.4. The number of hydrogen-bond donors (Lipinski definition) is 0. The molecule has 89 heavy (non-hydrogen) atoms. The summed E-state index contributed by atoms with van der Waals surface area (Å²) < 4.78 is 14.1. The molecule has 2 aliphatic rings. The minimum Gasteiger partial charge on any atom is -0.457 e. The summed E-state index contributed by atoms with van der Waals surface area (Å²) in [6, 6.07) is 126. The summed E-state index contributed by atoms with van der Waals surface area (Å²) in [5.41, 5.74) is 23.5. The molecule has 0 amide bonds. The molecule has 0 saturated heterocycles. The quantitative estimate of drug-likeness (QED) is 0.122. The molecule has 2 aliphatic heterocycles. The highest BCUT2D eigenvalue weighted by molar-refractivity contribution is 5.87.